The number of carbonyl (C=O) groups is 1. The number of aromatic nitrogens is 3. The Balaban J connectivity index is 1.71. The van der Waals surface area contributed by atoms with Gasteiger partial charge < -0.3 is 10.1 Å². The van der Waals surface area contributed by atoms with Gasteiger partial charge >= 0.3 is 0 Å². The fourth-order valence-electron chi connectivity index (χ4n) is 2.98. The highest BCUT2D eigenvalue weighted by Crippen LogP contribution is 2.21. The summed E-state index contributed by atoms with van der Waals surface area (Å²) in [7, 11) is 1.75. The fraction of sp³-hybridized carbons (Fsp3) is 0.471. The van der Waals surface area contributed by atoms with E-state index in [4.69, 9.17) is 4.74 Å². The summed E-state index contributed by atoms with van der Waals surface area (Å²) in [6, 6.07) is 4.00. The summed E-state index contributed by atoms with van der Waals surface area (Å²) in [5.41, 5.74) is 1.35. The molecule has 1 N–H and O–H groups in total. The van der Waals surface area contributed by atoms with Gasteiger partial charge in [-0.1, -0.05) is 6.07 Å². The lowest BCUT2D eigenvalue weighted by molar-refractivity contribution is 0.0598. The van der Waals surface area contributed by atoms with E-state index in [1.54, 1.807) is 24.2 Å². The van der Waals surface area contributed by atoms with E-state index < -0.39 is 0 Å². The van der Waals surface area contributed by atoms with Crippen LogP contribution in [0.5, 0.6) is 0 Å². The first kappa shape index (κ1) is 15.7. The van der Waals surface area contributed by atoms with Crippen LogP contribution in [0.25, 0.3) is 5.82 Å². The Kier molecular flexibility index (Phi) is 4.71. The van der Waals surface area contributed by atoms with E-state index in [0.717, 1.165) is 31.2 Å². The molecule has 2 aromatic rings. The van der Waals surface area contributed by atoms with E-state index in [0.29, 0.717) is 17.6 Å². The van der Waals surface area contributed by atoms with Crippen LogP contribution in [-0.2, 0) is 4.74 Å². The van der Waals surface area contributed by atoms with Crippen molar-refractivity contribution < 1.29 is 9.53 Å². The van der Waals surface area contributed by atoms with Crippen molar-refractivity contribution in [3.05, 3.63) is 42.1 Å². The molecule has 6 heteroatoms. The Bertz CT molecular complexity index is 661. The molecule has 122 valence electrons. The Hall–Kier alpha value is -2.21. The highest BCUT2D eigenvalue weighted by atomic mass is 16.5. The van der Waals surface area contributed by atoms with E-state index in [2.05, 4.69) is 15.3 Å². The maximum absolute atomic E-state index is 12.6. The van der Waals surface area contributed by atoms with Crippen molar-refractivity contribution in [1.29, 1.82) is 0 Å². The largest absolute Gasteiger partial charge is 0.381 e. The number of methoxy groups -OCH3 is 1. The molecule has 23 heavy (non-hydrogen) atoms. The summed E-state index contributed by atoms with van der Waals surface area (Å²) in [5, 5.41) is 3.11. The molecule has 1 saturated carbocycles. The summed E-state index contributed by atoms with van der Waals surface area (Å²) < 4.78 is 7.16. The summed E-state index contributed by atoms with van der Waals surface area (Å²) in [6.07, 6.45) is 9.38. The quantitative estimate of drug-likeness (QED) is 0.940. The van der Waals surface area contributed by atoms with Gasteiger partial charge in [0.25, 0.3) is 5.91 Å². The number of carbonyl (C=O) groups excluding carboxylic acids is 1. The van der Waals surface area contributed by atoms with Gasteiger partial charge in [-0.15, -0.1) is 0 Å². The van der Waals surface area contributed by atoms with Crippen LogP contribution >= 0.6 is 0 Å². The molecule has 0 radical (unpaired) electrons. The summed E-state index contributed by atoms with van der Waals surface area (Å²) >= 11 is 0. The zero-order chi connectivity index (χ0) is 16.2. The van der Waals surface area contributed by atoms with Gasteiger partial charge in [0, 0.05) is 25.5 Å². The zero-order valence-corrected chi connectivity index (χ0v) is 13.5. The number of hydrogen-bond acceptors (Lipinski definition) is 4. The second kappa shape index (κ2) is 6.91. The molecule has 2 aromatic heterocycles. The lowest BCUT2D eigenvalue weighted by Gasteiger charge is -2.28. The monoisotopic (exact) mass is 314 g/mol. The molecule has 0 atom stereocenters. The molecule has 0 spiro atoms. The van der Waals surface area contributed by atoms with Gasteiger partial charge in [0.1, 0.15) is 17.8 Å². The molecule has 1 amide bonds. The first-order valence-corrected chi connectivity index (χ1v) is 7.97. The van der Waals surface area contributed by atoms with Crippen LogP contribution in [-0.4, -0.2) is 39.7 Å². The smallest absolute Gasteiger partial charge is 0.270 e. The fourth-order valence-corrected chi connectivity index (χ4v) is 2.98. The molecule has 0 unspecified atom stereocenters. The highest BCUT2D eigenvalue weighted by molar-refractivity contribution is 5.94. The van der Waals surface area contributed by atoms with Gasteiger partial charge in [-0.05, 0) is 44.2 Å². The molecule has 0 bridgehead atoms. The Labute approximate surface area is 135 Å². The van der Waals surface area contributed by atoms with Crippen molar-refractivity contribution in [3.8, 4) is 5.82 Å². The Morgan fingerprint density at radius 1 is 1.30 bits per heavy atom. The number of aryl methyl sites for hydroxylation is 1. The third-order valence-corrected chi connectivity index (χ3v) is 4.41. The van der Waals surface area contributed by atoms with Crippen LogP contribution in [0.3, 0.4) is 0 Å². The standard InChI is InChI=1S/C17H22N4O2/c1-12-3-8-15(21-10-9-18-11-21)20-16(12)17(22)19-13-4-6-14(23-2)7-5-13/h3,8-11,13-14H,4-7H2,1-2H3,(H,19,22). The van der Waals surface area contributed by atoms with Gasteiger partial charge in [0.05, 0.1) is 6.10 Å². The van der Waals surface area contributed by atoms with E-state index in [1.807, 2.05) is 25.3 Å². The van der Waals surface area contributed by atoms with Crippen LogP contribution in [0.2, 0.25) is 0 Å². The molecule has 2 heterocycles. The SMILES string of the molecule is COC1CCC(NC(=O)c2nc(-n3ccnc3)ccc2C)CC1. The molecule has 0 aliphatic heterocycles. The predicted octanol–water partition coefficient (Wildman–Crippen LogP) is 2.26. The molecule has 6 nitrogen and oxygen atoms in total. The first-order chi connectivity index (χ1) is 11.2. The van der Waals surface area contributed by atoms with Crippen molar-refractivity contribution in [2.75, 3.05) is 7.11 Å². The lowest BCUT2D eigenvalue weighted by atomic mass is 9.93. The van der Waals surface area contributed by atoms with Crippen LogP contribution in [0, 0.1) is 6.92 Å². The second-order valence-electron chi connectivity index (χ2n) is 5.99. The van der Waals surface area contributed by atoms with Gasteiger partial charge in [-0.2, -0.15) is 0 Å². The number of pyridine rings is 1. The molecular formula is C17H22N4O2. The minimum Gasteiger partial charge on any atom is -0.381 e. The van der Waals surface area contributed by atoms with E-state index in [-0.39, 0.29) is 11.9 Å². The van der Waals surface area contributed by atoms with E-state index in [1.165, 1.54) is 0 Å². The third-order valence-electron chi connectivity index (χ3n) is 4.41. The predicted molar refractivity (Wildman–Crippen MR) is 86.6 cm³/mol. The summed E-state index contributed by atoms with van der Waals surface area (Å²) in [5.74, 6) is 0.590. The number of imidazole rings is 1. The molecule has 0 saturated heterocycles. The molecular weight excluding hydrogens is 292 g/mol. The maximum Gasteiger partial charge on any atom is 0.270 e. The maximum atomic E-state index is 12.6. The number of nitrogens with zero attached hydrogens (tertiary/aromatic N) is 3. The summed E-state index contributed by atoms with van der Waals surface area (Å²) in [6.45, 7) is 1.90. The van der Waals surface area contributed by atoms with Gasteiger partial charge in [0.15, 0.2) is 0 Å². The van der Waals surface area contributed by atoms with Crippen LogP contribution in [0.1, 0.15) is 41.7 Å². The Morgan fingerprint density at radius 2 is 2.09 bits per heavy atom. The molecule has 1 aliphatic rings. The molecule has 1 aliphatic carbocycles. The lowest BCUT2D eigenvalue weighted by Crippen LogP contribution is -2.39. The van der Waals surface area contributed by atoms with Gasteiger partial charge in [-0.3, -0.25) is 9.36 Å². The topological polar surface area (TPSA) is 69.0 Å². The van der Waals surface area contributed by atoms with Crippen molar-refractivity contribution in [2.45, 2.75) is 44.8 Å². The molecule has 3 rings (SSSR count). The Morgan fingerprint density at radius 3 is 2.74 bits per heavy atom. The van der Waals surface area contributed by atoms with Crippen LogP contribution in [0.4, 0.5) is 0 Å². The summed E-state index contributed by atoms with van der Waals surface area (Å²) in [4.78, 5) is 21.1. The number of nitrogens with one attached hydrogen (secondary N) is 1. The van der Waals surface area contributed by atoms with Crippen molar-refractivity contribution in [1.82, 2.24) is 19.9 Å². The molecule has 0 aromatic carbocycles. The number of amides is 1. The van der Waals surface area contributed by atoms with Crippen molar-refractivity contribution >= 4 is 5.91 Å². The van der Waals surface area contributed by atoms with E-state index in [9.17, 15) is 4.79 Å². The van der Waals surface area contributed by atoms with Crippen molar-refractivity contribution in [3.63, 3.8) is 0 Å². The van der Waals surface area contributed by atoms with Gasteiger partial charge in [0.2, 0.25) is 0 Å². The number of hydrogen-bond donors (Lipinski definition) is 1. The third kappa shape index (κ3) is 3.59. The number of rotatable bonds is 4. The zero-order valence-electron chi connectivity index (χ0n) is 13.5. The average Bonchev–Trinajstić information content (AvgIpc) is 3.10. The minimum absolute atomic E-state index is 0.106. The number of ether oxygens (including phenoxy) is 1. The normalized spacial score (nSPS) is 21.1. The van der Waals surface area contributed by atoms with Crippen molar-refractivity contribution in [2.24, 2.45) is 0 Å². The first-order valence-electron chi connectivity index (χ1n) is 7.97. The second-order valence-corrected chi connectivity index (χ2v) is 5.99. The minimum atomic E-state index is -0.106. The average molecular weight is 314 g/mol. The molecule has 1 fully saturated rings. The van der Waals surface area contributed by atoms with Crippen LogP contribution < -0.4 is 5.32 Å². The van der Waals surface area contributed by atoms with Gasteiger partial charge in [-0.25, -0.2) is 9.97 Å². The highest BCUT2D eigenvalue weighted by Gasteiger charge is 2.23. The van der Waals surface area contributed by atoms with Crippen LogP contribution in [0.15, 0.2) is 30.9 Å². The van der Waals surface area contributed by atoms with E-state index >= 15 is 0 Å².